The molecule has 1 aliphatic rings. The molecule has 0 bridgehead atoms. The van der Waals surface area contributed by atoms with Crippen LogP contribution in [0.1, 0.15) is 51.7 Å². The lowest BCUT2D eigenvalue weighted by molar-refractivity contribution is -0.731. The fourth-order valence-corrected chi connectivity index (χ4v) is 5.29. The summed E-state index contributed by atoms with van der Waals surface area (Å²) in [7, 11) is 0. The third-order valence-electron chi connectivity index (χ3n) is 6.56. The van der Waals surface area contributed by atoms with Gasteiger partial charge in [-0.1, -0.05) is 81.5 Å². The second-order valence-electron chi connectivity index (χ2n) is 9.29. The zero-order valence-electron chi connectivity index (χ0n) is 19.2. The average molecular weight is 425 g/mol. The Morgan fingerprint density at radius 3 is 1.91 bits per heavy atom. The number of aliphatic hydroxyl groups is 1. The average Bonchev–Trinajstić information content (AvgIpc) is 3.33. The Morgan fingerprint density at radius 1 is 0.844 bits per heavy atom. The summed E-state index contributed by atoms with van der Waals surface area (Å²) in [5, 5.41) is 17.5. The van der Waals surface area contributed by atoms with Gasteiger partial charge in [-0.15, -0.1) is 0 Å². The number of aryl methyl sites for hydroxylation is 5. The fourth-order valence-electron chi connectivity index (χ4n) is 5.29. The largest absolute Gasteiger partial charge is 0.377 e. The Morgan fingerprint density at radius 2 is 1.38 bits per heavy atom. The molecule has 0 fully saturated rings. The highest BCUT2D eigenvalue weighted by molar-refractivity contribution is 5.43. The van der Waals surface area contributed by atoms with Crippen LogP contribution in [-0.2, 0) is 12.0 Å². The molecule has 162 valence electrons. The van der Waals surface area contributed by atoms with Crippen molar-refractivity contribution in [2.75, 3.05) is 0 Å². The number of fused-ring (bicyclic) bond motifs is 1. The van der Waals surface area contributed by atoms with E-state index >= 15 is 0 Å². The Balaban J connectivity index is 1.70. The molecule has 4 aromatic rings. The van der Waals surface area contributed by atoms with Gasteiger partial charge in [0.1, 0.15) is 17.3 Å². The van der Waals surface area contributed by atoms with Crippen LogP contribution in [0.2, 0.25) is 0 Å². The lowest BCUT2D eigenvalue weighted by Gasteiger charge is -2.35. The second kappa shape index (κ2) is 7.72. The molecular formula is C28H30N3O+. The molecule has 32 heavy (non-hydrogen) atoms. The van der Waals surface area contributed by atoms with Crippen LogP contribution in [0.25, 0.3) is 5.69 Å². The Bertz CT molecular complexity index is 1200. The van der Waals surface area contributed by atoms with Gasteiger partial charge in [-0.2, -0.15) is 0 Å². The normalized spacial score (nSPS) is 15.7. The summed E-state index contributed by atoms with van der Waals surface area (Å²) in [5.41, 5.74) is 6.38. The lowest BCUT2D eigenvalue weighted by atomic mass is 9.77. The highest BCUT2D eigenvalue weighted by Gasteiger charge is 2.48. The van der Waals surface area contributed by atoms with Gasteiger partial charge < -0.3 is 5.11 Å². The minimum atomic E-state index is -1.16. The van der Waals surface area contributed by atoms with Gasteiger partial charge in [-0.25, -0.2) is 4.57 Å². The van der Waals surface area contributed by atoms with Gasteiger partial charge in [0, 0.05) is 11.5 Å². The van der Waals surface area contributed by atoms with Crippen molar-refractivity contribution >= 4 is 0 Å². The van der Waals surface area contributed by atoms with E-state index in [0.717, 1.165) is 57.7 Å². The molecule has 2 heterocycles. The lowest BCUT2D eigenvalue weighted by Crippen LogP contribution is -2.50. The van der Waals surface area contributed by atoms with Crippen molar-refractivity contribution in [3.63, 3.8) is 0 Å². The predicted octanol–water partition coefficient (Wildman–Crippen LogP) is 4.82. The van der Waals surface area contributed by atoms with Gasteiger partial charge in [0.25, 0.3) is 5.82 Å². The van der Waals surface area contributed by atoms with E-state index < -0.39 is 5.60 Å². The van der Waals surface area contributed by atoms with E-state index in [4.69, 9.17) is 5.10 Å². The Hall–Kier alpha value is -3.24. The van der Waals surface area contributed by atoms with E-state index in [0.29, 0.717) is 0 Å². The molecule has 1 N–H and O–H groups in total. The Labute approximate surface area is 189 Å². The number of hydrogen-bond acceptors (Lipinski definition) is 2. The van der Waals surface area contributed by atoms with E-state index in [1.165, 1.54) is 0 Å². The Kier molecular flexibility index (Phi) is 4.98. The highest BCUT2D eigenvalue weighted by atomic mass is 16.3. The number of hydrogen-bond donors (Lipinski definition) is 1. The molecule has 0 spiro atoms. The summed E-state index contributed by atoms with van der Waals surface area (Å²) >= 11 is 0. The van der Waals surface area contributed by atoms with Crippen LogP contribution in [0.5, 0.6) is 0 Å². The molecule has 0 saturated carbocycles. The summed E-state index contributed by atoms with van der Waals surface area (Å²) in [4.78, 5) is 0. The van der Waals surface area contributed by atoms with Crippen molar-refractivity contribution in [1.29, 1.82) is 0 Å². The van der Waals surface area contributed by atoms with Crippen LogP contribution in [0.3, 0.4) is 0 Å². The number of nitrogens with zero attached hydrogens (tertiary/aromatic N) is 3. The van der Waals surface area contributed by atoms with Crippen molar-refractivity contribution in [2.24, 2.45) is 0 Å². The first-order valence-electron chi connectivity index (χ1n) is 11.3. The third-order valence-corrected chi connectivity index (χ3v) is 6.56. The zero-order valence-corrected chi connectivity index (χ0v) is 19.2. The van der Waals surface area contributed by atoms with Gasteiger partial charge in [0.2, 0.25) is 6.33 Å². The van der Waals surface area contributed by atoms with E-state index in [-0.39, 0.29) is 6.04 Å². The second-order valence-corrected chi connectivity index (χ2v) is 9.29. The van der Waals surface area contributed by atoms with Crippen molar-refractivity contribution in [3.8, 4) is 5.69 Å². The van der Waals surface area contributed by atoms with Crippen LogP contribution in [0.4, 0.5) is 0 Å². The van der Waals surface area contributed by atoms with Gasteiger partial charge in [0.05, 0.1) is 0 Å². The molecule has 4 nitrogen and oxygen atoms in total. The van der Waals surface area contributed by atoms with E-state index in [9.17, 15) is 5.11 Å². The molecule has 0 saturated heterocycles. The number of para-hydroxylation sites is 1. The van der Waals surface area contributed by atoms with E-state index in [1.54, 1.807) is 0 Å². The van der Waals surface area contributed by atoms with Gasteiger partial charge >= 0.3 is 0 Å². The molecule has 4 heteroatoms. The van der Waals surface area contributed by atoms with Crippen LogP contribution in [-0.4, -0.2) is 14.9 Å². The minimum Gasteiger partial charge on any atom is -0.377 e. The van der Waals surface area contributed by atoms with Gasteiger partial charge in [0.15, 0.2) is 0 Å². The molecule has 1 aliphatic heterocycles. The predicted molar refractivity (Wildman–Crippen MR) is 126 cm³/mol. The number of aromatic nitrogens is 3. The molecule has 3 aromatic carbocycles. The molecule has 0 unspecified atom stereocenters. The maximum Gasteiger partial charge on any atom is 0.278 e. The summed E-state index contributed by atoms with van der Waals surface area (Å²) < 4.78 is 4.10. The minimum absolute atomic E-state index is 0.141. The van der Waals surface area contributed by atoms with Crippen molar-refractivity contribution in [2.45, 2.75) is 52.2 Å². The van der Waals surface area contributed by atoms with Crippen LogP contribution < -0.4 is 4.57 Å². The monoisotopic (exact) mass is 424 g/mol. The first-order chi connectivity index (χ1) is 15.3. The smallest absolute Gasteiger partial charge is 0.278 e. The van der Waals surface area contributed by atoms with Crippen LogP contribution in [0, 0.1) is 27.7 Å². The van der Waals surface area contributed by atoms with E-state index in [1.807, 2.05) is 29.2 Å². The maximum absolute atomic E-state index is 12.6. The molecular weight excluding hydrogens is 394 g/mol. The molecule has 0 amide bonds. The fraction of sp³-hybridized carbons (Fsp3) is 0.286. The molecule has 1 aromatic heterocycles. The van der Waals surface area contributed by atoms with Crippen molar-refractivity contribution in [3.05, 3.63) is 112 Å². The molecule has 1 atom stereocenters. The summed E-state index contributed by atoms with van der Waals surface area (Å²) in [6.45, 7) is 8.39. The standard InChI is InChI=1S/C28H30N3O/c1-19-12-20(2)15-23(14-19)28(32,24-16-21(3)13-22(4)17-24)26-10-11-27-29-31(18-30(26)27)25-8-6-5-7-9-25/h5-9,12-18,26,32H,10-11H2,1-4H3/q+1/t26-/m0/s1. The SMILES string of the molecule is Cc1cc(C)cc(C(O)(c2cc(C)cc(C)c2)[C@@H]2CCc3nn(-c4ccccc4)c[n+]32)c1. The van der Waals surface area contributed by atoms with E-state index in [2.05, 4.69) is 80.8 Å². The summed E-state index contributed by atoms with van der Waals surface area (Å²) in [6, 6.07) is 22.9. The quantitative estimate of drug-likeness (QED) is 0.478. The van der Waals surface area contributed by atoms with Gasteiger partial charge in [-0.05, 0) is 57.4 Å². The van der Waals surface area contributed by atoms with Crippen LogP contribution >= 0.6 is 0 Å². The number of rotatable bonds is 4. The first-order valence-corrected chi connectivity index (χ1v) is 11.3. The third kappa shape index (κ3) is 3.45. The summed E-state index contributed by atoms with van der Waals surface area (Å²) in [6.07, 6.45) is 3.72. The van der Waals surface area contributed by atoms with Gasteiger partial charge in [-0.3, -0.25) is 0 Å². The molecule has 5 rings (SSSR count). The van der Waals surface area contributed by atoms with Crippen molar-refractivity contribution < 1.29 is 9.67 Å². The topological polar surface area (TPSA) is 41.9 Å². The van der Waals surface area contributed by atoms with Crippen molar-refractivity contribution in [1.82, 2.24) is 9.78 Å². The zero-order chi connectivity index (χ0) is 22.5. The number of benzene rings is 3. The summed E-state index contributed by atoms with van der Waals surface area (Å²) in [5.74, 6) is 1.01. The molecule has 0 aliphatic carbocycles. The first kappa shape index (κ1) is 20.7. The maximum atomic E-state index is 12.6. The van der Waals surface area contributed by atoms with Crippen LogP contribution in [0.15, 0.2) is 73.1 Å². The molecule has 0 radical (unpaired) electrons. The highest BCUT2D eigenvalue weighted by Crippen LogP contribution is 2.42.